The molecule has 1 rings (SSSR count). The molecule has 0 aliphatic carbocycles. The number of halogens is 1. The largest absolute Gasteiger partial charge is 0.383 e. The van der Waals surface area contributed by atoms with Crippen LogP contribution in [0.15, 0.2) is 15.9 Å². The van der Waals surface area contributed by atoms with Crippen LogP contribution in [0.2, 0.25) is 0 Å². The van der Waals surface area contributed by atoms with Gasteiger partial charge in [0.05, 0.1) is 6.61 Å². The topological polar surface area (TPSA) is 21.3 Å². The lowest BCUT2D eigenvalue weighted by Gasteiger charge is -2.16. The predicted molar refractivity (Wildman–Crippen MR) is 69.7 cm³/mol. The lowest BCUT2D eigenvalue weighted by Crippen LogP contribution is -2.33. The second-order valence-electron chi connectivity index (χ2n) is 3.48. The molecule has 15 heavy (non-hydrogen) atoms. The summed E-state index contributed by atoms with van der Waals surface area (Å²) in [7, 11) is 1.76. The second kappa shape index (κ2) is 7.39. The van der Waals surface area contributed by atoms with Crippen LogP contribution in [0.1, 0.15) is 18.2 Å². The molecule has 1 aromatic heterocycles. The molecule has 0 radical (unpaired) electrons. The summed E-state index contributed by atoms with van der Waals surface area (Å²) < 4.78 is 6.37. The van der Waals surface area contributed by atoms with Gasteiger partial charge in [-0.2, -0.15) is 0 Å². The molecule has 0 aliphatic heterocycles. The molecule has 0 aliphatic rings. The van der Waals surface area contributed by atoms with E-state index >= 15 is 0 Å². The maximum Gasteiger partial charge on any atom is 0.0615 e. The average molecular weight is 292 g/mol. The minimum Gasteiger partial charge on any atom is -0.383 e. The van der Waals surface area contributed by atoms with Crippen LogP contribution in [0.3, 0.4) is 0 Å². The highest BCUT2D eigenvalue weighted by Gasteiger charge is 2.07. The Kier molecular flexibility index (Phi) is 6.48. The van der Waals surface area contributed by atoms with E-state index in [4.69, 9.17) is 4.74 Å². The molecule has 86 valence electrons. The van der Waals surface area contributed by atoms with Crippen LogP contribution in [0.5, 0.6) is 0 Å². The van der Waals surface area contributed by atoms with Gasteiger partial charge in [0.25, 0.3) is 0 Å². The average Bonchev–Trinajstić information content (AvgIpc) is 2.61. The first-order valence-corrected chi connectivity index (χ1v) is 6.88. The molecule has 0 spiro atoms. The summed E-state index contributed by atoms with van der Waals surface area (Å²) >= 11 is 5.28. The molecular weight excluding hydrogens is 274 g/mol. The van der Waals surface area contributed by atoms with E-state index in [-0.39, 0.29) is 0 Å². The van der Waals surface area contributed by atoms with Crippen LogP contribution in [0.25, 0.3) is 0 Å². The van der Waals surface area contributed by atoms with Crippen molar-refractivity contribution in [2.45, 2.75) is 25.8 Å². The van der Waals surface area contributed by atoms with Crippen molar-refractivity contribution in [3.05, 3.63) is 20.8 Å². The minimum atomic E-state index is 0.473. The number of hydrogen-bond donors (Lipinski definition) is 1. The van der Waals surface area contributed by atoms with Crippen LogP contribution in [0.4, 0.5) is 0 Å². The zero-order chi connectivity index (χ0) is 11.1. The van der Waals surface area contributed by atoms with Gasteiger partial charge in [0, 0.05) is 27.9 Å². The highest BCUT2D eigenvalue weighted by atomic mass is 79.9. The van der Waals surface area contributed by atoms with Crippen LogP contribution >= 0.6 is 27.3 Å². The summed E-state index contributed by atoms with van der Waals surface area (Å²) in [6.45, 7) is 3.92. The van der Waals surface area contributed by atoms with E-state index in [1.165, 1.54) is 9.35 Å². The van der Waals surface area contributed by atoms with Crippen molar-refractivity contribution in [2.75, 3.05) is 20.3 Å². The van der Waals surface area contributed by atoms with Gasteiger partial charge in [-0.1, -0.05) is 6.92 Å². The highest BCUT2D eigenvalue weighted by molar-refractivity contribution is 9.10. The van der Waals surface area contributed by atoms with E-state index in [1.807, 2.05) is 11.3 Å². The van der Waals surface area contributed by atoms with E-state index in [0.717, 1.165) is 26.0 Å². The monoisotopic (exact) mass is 291 g/mol. The molecule has 1 atom stereocenters. The number of nitrogens with one attached hydrogen (secondary N) is 1. The fraction of sp³-hybridized carbons (Fsp3) is 0.636. The number of hydrogen-bond acceptors (Lipinski definition) is 3. The fourth-order valence-electron chi connectivity index (χ4n) is 1.54. The summed E-state index contributed by atoms with van der Waals surface area (Å²) in [4.78, 5) is 1.43. The Morgan fingerprint density at radius 2 is 2.40 bits per heavy atom. The van der Waals surface area contributed by atoms with Crippen molar-refractivity contribution >= 4 is 27.3 Å². The summed E-state index contributed by atoms with van der Waals surface area (Å²) in [5, 5.41) is 5.56. The Bertz CT molecular complexity index is 271. The number of likely N-dealkylation sites (N-methyl/N-ethyl adjacent to an activating group) is 1. The van der Waals surface area contributed by atoms with Gasteiger partial charge < -0.3 is 10.1 Å². The zero-order valence-corrected chi connectivity index (χ0v) is 11.7. The van der Waals surface area contributed by atoms with Gasteiger partial charge in [-0.3, -0.25) is 0 Å². The van der Waals surface area contributed by atoms with Gasteiger partial charge in [-0.05, 0) is 41.4 Å². The summed E-state index contributed by atoms with van der Waals surface area (Å²) in [5.41, 5.74) is 0. The Morgan fingerprint density at radius 3 is 2.93 bits per heavy atom. The van der Waals surface area contributed by atoms with E-state index in [9.17, 15) is 0 Å². The van der Waals surface area contributed by atoms with E-state index in [2.05, 4.69) is 39.6 Å². The normalized spacial score (nSPS) is 13.0. The third kappa shape index (κ3) is 5.11. The number of aryl methyl sites for hydroxylation is 1. The van der Waals surface area contributed by atoms with E-state index in [0.29, 0.717) is 6.04 Å². The molecule has 2 nitrogen and oxygen atoms in total. The van der Waals surface area contributed by atoms with Crippen LogP contribution in [0, 0.1) is 0 Å². The van der Waals surface area contributed by atoms with Crippen LogP contribution in [-0.2, 0) is 11.2 Å². The third-order valence-electron chi connectivity index (χ3n) is 2.22. The molecule has 0 saturated heterocycles. The van der Waals surface area contributed by atoms with Crippen molar-refractivity contribution < 1.29 is 4.74 Å². The van der Waals surface area contributed by atoms with Gasteiger partial charge in [0.1, 0.15) is 0 Å². The van der Waals surface area contributed by atoms with E-state index in [1.54, 1.807) is 7.11 Å². The van der Waals surface area contributed by atoms with Crippen molar-refractivity contribution in [2.24, 2.45) is 0 Å². The molecule has 1 heterocycles. The summed E-state index contributed by atoms with van der Waals surface area (Å²) in [6, 6.07) is 2.67. The number of ether oxygens (including phenoxy) is 1. The fourth-order valence-corrected chi connectivity index (χ4v) is 3.01. The van der Waals surface area contributed by atoms with Crippen LogP contribution in [-0.4, -0.2) is 26.3 Å². The molecule has 0 bridgehead atoms. The molecule has 1 N–H and O–H groups in total. The Balaban J connectivity index is 2.32. The number of methoxy groups -OCH3 is 1. The van der Waals surface area contributed by atoms with Gasteiger partial charge in [-0.15, -0.1) is 11.3 Å². The molecular formula is C11H18BrNOS. The summed E-state index contributed by atoms with van der Waals surface area (Å²) in [5.74, 6) is 0. The van der Waals surface area contributed by atoms with Gasteiger partial charge in [-0.25, -0.2) is 0 Å². The highest BCUT2D eigenvalue weighted by Crippen LogP contribution is 2.21. The molecule has 1 unspecified atom stereocenters. The molecule has 0 saturated carbocycles. The maximum absolute atomic E-state index is 5.18. The second-order valence-corrected chi connectivity index (χ2v) is 5.39. The van der Waals surface area contributed by atoms with Crippen LogP contribution < -0.4 is 5.32 Å². The van der Waals surface area contributed by atoms with Gasteiger partial charge >= 0.3 is 0 Å². The van der Waals surface area contributed by atoms with Crippen molar-refractivity contribution in [1.29, 1.82) is 0 Å². The molecule has 4 heteroatoms. The number of rotatable bonds is 7. The summed E-state index contributed by atoms with van der Waals surface area (Å²) in [6.07, 6.45) is 2.26. The van der Waals surface area contributed by atoms with Crippen molar-refractivity contribution in [3.8, 4) is 0 Å². The van der Waals surface area contributed by atoms with Gasteiger partial charge in [0.2, 0.25) is 0 Å². The zero-order valence-electron chi connectivity index (χ0n) is 9.25. The first-order chi connectivity index (χ1) is 7.26. The quantitative estimate of drug-likeness (QED) is 0.834. The maximum atomic E-state index is 5.18. The Morgan fingerprint density at radius 1 is 1.60 bits per heavy atom. The Labute approximate surface area is 104 Å². The third-order valence-corrected chi connectivity index (χ3v) is 3.98. The molecule has 0 aromatic carbocycles. The van der Waals surface area contributed by atoms with Crippen molar-refractivity contribution in [1.82, 2.24) is 5.32 Å². The Hall–Kier alpha value is 0.1000. The van der Waals surface area contributed by atoms with Gasteiger partial charge in [0.15, 0.2) is 0 Å². The number of thiophene rings is 1. The lowest BCUT2D eigenvalue weighted by molar-refractivity contribution is 0.163. The molecule has 1 aromatic rings. The molecule has 0 amide bonds. The SMILES string of the molecule is CCNC(CCc1cc(Br)cs1)COC. The molecule has 0 fully saturated rings. The standard InChI is InChI=1S/C11H18BrNOS/c1-3-13-10(7-14-2)4-5-11-6-9(12)8-15-11/h6,8,10,13H,3-5,7H2,1-2H3. The lowest BCUT2D eigenvalue weighted by atomic mass is 10.1. The van der Waals surface area contributed by atoms with Crippen molar-refractivity contribution in [3.63, 3.8) is 0 Å². The first kappa shape index (κ1) is 13.2. The predicted octanol–water partition coefficient (Wildman–Crippen LogP) is 3.07. The van der Waals surface area contributed by atoms with E-state index < -0.39 is 0 Å². The smallest absolute Gasteiger partial charge is 0.0615 e. The first-order valence-electron chi connectivity index (χ1n) is 5.21. The minimum absolute atomic E-state index is 0.473.